The standard InChI is InChI=1S/C20H16Br2N2O3/c21-15-9-7-14(8-10-15)20(26)24(12-16-4-3-11-27-16)13-19(25)23-18-6-2-1-5-17(18)22/h1-11H,12-13H2,(H,23,25). The number of carbonyl (C=O) groups excluding carboxylic acids is 2. The van der Waals surface area contributed by atoms with Crippen LogP contribution in [0.15, 0.2) is 80.3 Å². The van der Waals surface area contributed by atoms with E-state index in [1.54, 1.807) is 48.7 Å². The van der Waals surface area contributed by atoms with Gasteiger partial charge in [-0.3, -0.25) is 9.59 Å². The largest absolute Gasteiger partial charge is 0.467 e. The summed E-state index contributed by atoms with van der Waals surface area (Å²) in [6.07, 6.45) is 1.54. The molecule has 0 aliphatic rings. The third-order valence-corrected chi connectivity index (χ3v) is 5.01. The fraction of sp³-hybridized carbons (Fsp3) is 0.100. The van der Waals surface area contributed by atoms with Crippen LogP contribution in [-0.4, -0.2) is 23.3 Å². The molecule has 0 atom stereocenters. The molecule has 7 heteroatoms. The third-order valence-electron chi connectivity index (χ3n) is 3.79. The van der Waals surface area contributed by atoms with Crippen LogP contribution in [0.1, 0.15) is 16.1 Å². The van der Waals surface area contributed by atoms with Crippen molar-refractivity contribution in [2.24, 2.45) is 0 Å². The summed E-state index contributed by atoms with van der Waals surface area (Å²) >= 11 is 6.75. The molecule has 0 aliphatic heterocycles. The zero-order valence-corrected chi connectivity index (χ0v) is 17.4. The lowest BCUT2D eigenvalue weighted by Crippen LogP contribution is -2.37. The van der Waals surface area contributed by atoms with Crippen molar-refractivity contribution in [3.8, 4) is 0 Å². The maximum atomic E-state index is 12.9. The van der Waals surface area contributed by atoms with Crippen molar-refractivity contribution in [1.29, 1.82) is 0 Å². The van der Waals surface area contributed by atoms with Gasteiger partial charge in [0.15, 0.2) is 0 Å². The number of halogens is 2. The maximum absolute atomic E-state index is 12.9. The summed E-state index contributed by atoms with van der Waals surface area (Å²) in [5, 5.41) is 2.82. The molecule has 138 valence electrons. The lowest BCUT2D eigenvalue weighted by molar-refractivity contribution is -0.117. The second-order valence-corrected chi connectivity index (χ2v) is 7.55. The van der Waals surface area contributed by atoms with Crippen molar-refractivity contribution in [2.75, 3.05) is 11.9 Å². The Kier molecular flexibility index (Phi) is 6.47. The summed E-state index contributed by atoms with van der Waals surface area (Å²) in [4.78, 5) is 26.9. The molecule has 0 spiro atoms. The van der Waals surface area contributed by atoms with E-state index in [1.165, 1.54) is 4.90 Å². The predicted octanol–water partition coefficient (Wildman–Crippen LogP) is 5.09. The Balaban J connectivity index is 1.77. The van der Waals surface area contributed by atoms with Gasteiger partial charge in [-0.15, -0.1) is 0 Å². The molecule has 0 saturated carbocycles. The predicted molar refractivity (Wildman–Crippen MR) is 110 cm³/mol. The van der Waals surface area contributed by atoms with E-state index in [2.05, 4.69) is 37.2 Å². The minimum Gasteiger partial charge on any atom is -0.467 e. The summed E-state index contributed by atoms with van der Waals surface area (Å²) < 4.78 is 7.00. The highest BCUT2D eigenvalue weighted by atomic mass is 79.9. The molecule has 1 N–H and O–H groups in total. The van der Waals surface area contributed by atoms with E-state index in [-0.39, 0.29) is 24.9 Å². The molecule has 3 rings (SSSR count). The van der Waals surface area contributed by atoms with E-state index in [0.29, 0.717) is 17.0 Å². The minimum atomic E-state index is -0.293. The fourth-order valence-corrected chi connectivity index (χ4v) is 3.14. The smallest absolute Gasteiger partial charge is 0.254 e. The van der Waals surface area contributed by atoms with E-state index in [9.17, 15) is 9.59 Å². The van der Waals surface area contributed by atoms with Crippen LogP contribution in [0, 0.1) is 0 Å². The molecular weight excluding hydrogens is 476 g/mol. The number of carbonyl (C=O) groups is 2. The van der Waals surface area contributed by atoms with Gasteiger partial charge >= 0.3 is 0 Å². The van der Waals surface area contributed by atoms with E-state index < -0.39 is 0 Å². The average Bonchev–Trinajstić information content (AvgIpc) is 3.16. The quantitative estimate of drug-likeness (QED) is 0.522. The molecule has 0 radical (unpaired) electrons. The molecule has 3 aromatic rings. The number of hydrogen-bond donors (Lipinski definition) is 1. The van der Waals surface area contributed by atoms with Crippen molar-refractivity contribution in [3.05, 3.63) is 87.2 Å². The first kappa shape index (κ1) is 19.4. The summed E-state index contributed by atoms with van der Waals surface area (Å²) in [6.45, 7) is 0.0994. The monoisotopic (exact) mass is 490 g/mol. The highest BCUT2D eigenvalue weighted by molar-refractivity contribution is 9.10. The van der Waals surface area contributed by atoms with Gasteiger partial charge in [0.2, 0.25) is 5.91 Å². The molecule has 0 saturated heterocycles. The fourth-order valence-electron chi connectivity index (χ4n) is 2.49. The van der Waals surface area contributed by atoms with Crippen molar-refractivity contribution >= 4 is 49.4 Å². The number of hydrogen-bond acceptors (Lipinski definition) is 3. The molecule has 2 amide bonds. The number of amides is 2. The normalized spacial score (nSPS) is 10.4. The second kappa shape index (κ2) is 9.01. The van der Waals surface area contributed by atoms with Gasteiger partial charge in [-0.25, -0.2) is 0 Å². The van der Waals surface area contributed by atoms with Crippen LogP contribution in [0.3, 0.4) is 0 Å². The number of rotatable bonds is 6. The zero-order chi connectivity index (χ0) is 19.2. The molecule has 27 heavy (non-hydrogen) atoms. The maximum Gasteiger partial charge on any atom is 0.254 e. The van der Waals surface area contributed by atoms with Crippen molar-refractivity contribution in [1.82, 2.24) is 4.90 Å². The second-order valence-electron chi connectivity index (χ2n) is 5.78. The molecule has 0 fully saturated rings. The summed E-state index contributed by atoms with van der Waals surface area (Å²) in [5.74, 6) is 0.0641. The van der Waals surface area contributed by atoms with E-state index in [0.717, 1.165) is 8.95 Å². The van der Waals surface area contributed by atoms with Crippen LogP contribution in [0.5, 0.6) is 0 Å². The number of nitrogens with zero attached hydrogens (tertiary/aromatic N) is 1. The number of para-hydroxylation sites is 1. The van der Waals surface area contributed by atoms with Crippen LogP contribution in [-0.2, 0) is 11.3 Å². The van der Waals surface area contributed by atoms with E-state index in [4.69, 9.17) is 4.42 Å². The molecular formula is C20H16Br2N2O3. The van der Waals surface area contributed by atoms with Gasteiger partial charge in [-0.05, 0) is 64.5 Å². The first-order chi connectivity index (χ1) is 13.0. The number of furan rings is 1. The van der Waals surface area contributed by atoms with Gasteiger partial charge in [-0.2, -0.15) is 0 Å². The van der Waals surface area contributed by atoms with Gasteiger partial charge in [-0.1, -0.05) is 28.1 Å². The molecule has 0 bridgehead atoms. The van der Waals surface area contributed by atoms with Gasteiger partial charge < -0.3 is 14.6 Å². The van der Waals surface area contributed by atoms with E-state index >= 15 is 0 Å². The summed E-state index contributed by atoms with van der Waals surface area (Å²) in [6, 6.07) is 17.8. The summed E-state index contributed by atoms with van der Waals surface area (Å²) in [5.41, 5.74) is 1.15. The van der Waals surface area contributed by atoms with Crippen molar-refractivity contribution < 1.29 is 14.0 Å². The van der Waals surface area contributed by atoms with Crippen LogP contribution in [0.2, 0.25) is 0 Å². The molecule has 5 nitrogen and oxygen atoms in total. The van der Waals surface area contributed by atoms with Gasteiger partial charge in [0.1, 0.15) is 12.3 Å². The molecule has 0 unspecified atom stereocenters. The first-order valence-corrected chi connectivity index (χ1v) is 9.73. The Hall–Kier alpha value is -2.38. The first-order valence-electron chi connectivity index (χ1n) is 8.14. The molecule has 1 aromatic heterocycles. The Bertz CT molecular complexity index is 925. The highest BCUT2D eigenvalue weighted by Crippen LogP contribution is 2.21. The number of benzene rings is 2. The molecule has 1 heterocycles. The van der Waals surface area contributed by atoms with Crippen molar-refractivity contribution in [2.45, 2.75) is 6.54 Å². The SMILES string of the molecule is O=C(CN(Cc1ccco1)C(=O)c1ccc(Br)cc1)Nc1ccccc1Br. The Morgan fingerprint density at radius 3 is 2.37 bits per heavy atom. The lowest BCUT2D eigenvalue weighted by Gasteiger charge is -2.21. The number of nitrogens with one attached hydrogen (secondary N) is 1. The Morgan fingerprint density at radius 2 is 1.70 bits per heavy atom. The molecule has 0 aliphatic carbocycles. The Morgan fingerprint density at radius 1 is 0.963 bits per heavy atom. The van der Waals surface area contributed by atoms with Crippen LogP contribution in [0.25, 0.3) is 0 Å². The highest BCUT2D eigenvalue weighted by Gasteiger charge is 2.20. The molecule has 2 aromatic carbocycles. The average molecular weight is 492 g/mol. The van der Waals surface area contributed by atoms with Gasteiger partial charge in [0, 0.05) is 14.5 Å². The topological polar surface area (TPSA) is 62.6 Å². The van der Waals surface area contributed by atoms with Gasteiger partial charge in [0.25, 0.3) is 5.91 Å². The van der Waals surface area contributed by atoms with Crippen LogP contribution < -0.4 is 5.32 Å². The van der Waals surface area contributed by atoms with Crippen LogP contribution in [0.4, 0.5) is 5.69 Å². The lowest BCUT2D eigenvalue weighted by atomic mass is 10.2. The van der Waals surface area contributed by atoms with Crippen LogP contribution >= 0.6 is 31.9 Å². The Labute approximate surface area is 173 Å². The minimum absolute atomic E-state index is 0.100. The van der Waals surface area contributed by atoms with Gasteiger partial charge in [0.05, 0.1) is 18.5 Å². The third kappa shape index (κ3) is 5.30. The summed E-state index contributed by atoms with van der Waals surface area (Å²) in [7, 11) is 0. The number of anilines is 1. The van der Waals surface area contributed by atoms with Crippen molar-refractivity contribution in [3.63, 3.8) is 0 Å². The zero-order valence-electron chi connectivity index (χ0n) is 14.2. The van der Waals surface area contributed by atoms with E-state index in [1.807, 2.05) is 18.2 Å².